The number of nitrogens with one attached hydrogen (secondary N) is 1. The summed E-state index contributed by atoms with van der Waals surface area (Å²) >= 11 is 0. The van der Waals surface area contributed by atoms with E-state index in [4.69, 9.17) is 4.74 Å². The molecule has 0 aromatic rings. The first-order valence-corrected chi connectivity index (χ1v) is 7.78. The molecule has 0 bridgehead atoms. The van der Waals surface area contributed by atoms with Crippen molar-refractivity contribution in [2.75, 3.05) is 26.2 Å². The van der Waals surface area contributed by atoms with Gasteiger partial charge in [-0.25, -0.2) is 9.69 Å². The van der Waals surface area contributed by atoms with Crippen molar-refractivity contribution in [1.82, 2.24) is 15.1 Å². The predicted octanol–water partition coefficient (Wildman–Crippen LogP) is 0.118. The number of piperidine rings is 1. The second kappa shape index (κ2) is 6.55. The third-order valence-electron chi connectivity index (χ3n) is 4.22. The number of amides is 4. The number of cyclic esters (lactones) is 1. The topological polar surface area (TPSA) is 96.0 Å². The van der Waals surface area contributed by atoms with Crippen LogP contribution < -0.4 is 5.32 Å². The molecule has 2 aliphatic rings. The Hall–Kier alpha value is -2.12. The number of imide groups is 1. The zero-order valence-electron chi connectivity index (χ0n) is 13.8. The summed E-state index contributed by atoms with van der Waals surface area (Å²) in [6, 6.07) is 0. The van der Waals surface area contributed by atoms with Crippen molar-refractivity contribution in [3.63, 3.8) is 0 Å². The third-order valence-corrected chi connectivity index (χ3v) is 4.22. The minimum Gasteiger partial charge on any atom is -0.433 e. The quantitative estimate of drug-likeness (QED) is 0.792. The van der Waals surface area contributed by atoms with Crippen LogP contribution in [0.4, 0.5) is 4.79 Å². The van der Waals surface area contributed by atoms with Gasteiger partial charge < -0.3 is 15.0 Å². The minimum absolute atomic E-state index is 0.0582. The Balaban J connectivity index is 1.83. The van der Waals surface area contributed by atoms with E-state index in [1.54, 1.807) is 4.90 Å². The van der Waals surface area contributed by atoms with E-state index in [2.05, 4.69) is 5.32 Å². The van der Waals surface area contributed by atoms with E-state index in [0.29, 0.717) is 25.6 Å². The molecule has 1 N–H and O–H groups in total. The van der Waals surface area contributed by atoms with Crippen molar-refractivity contribution >= 4 is 23.8 Å². The Labute approximate surface area is 135 Å². The molecular formula is C15H23N3O5. The van der Waals surface area contributed by atoms with Gasteiger partial charge in [0, 0.05) is 26.6 Å². The standard InChI is InChI=1S/C15H23N3O5/c1-10(19)16-8-11-4-6-17(7-5-11)12(20)9-18-13(21)15(2,3)23-14(18)22/h11H,4-9H2,1-3H3,(H,16,19). The summed E-state index contributed by atoms with van der Waals surface area (Å²) < 4.78 is 4.96. The fraction of sp³-hybridized carbons (Fsp3) is 0.733. The molecule has 0 saturated carbocycles. The monoisotopic (exact) mass is 325 g/mol. The SMILES string of the molecule is CC(=O)NCC1CCN(C(=O)CN2C(=O)OC(C)(C)C2=O)CC1. The highest BCUT2D eigenvalue weighted by molar-refractivity contribution is 6.04. The highest BCUT2D eigenvalue weighted by Crippen LogP contribution is 2.24. The van der Waals surface area contributed by atoms with Gasteiger partial charge in [0.25, 0.3) is 5.91 Å². The maximum Gasteiger partial charge on any atom is 0.418 e. The summed E-state index contributed by atoms with van der Waals surface area (Å²) in [6.07, 6.45) is 0.806. The second-order valence-corrected chi connectivity index (χ2v) is 6.53. The average Bonchev–Trinajstić information content (AvgIpc) is 2.67. The molecule has 0 unspecified atom stereocenters. The van der Waals surface area contributed by atoms with Crippen molar-refractivity contribution in [3.05, 3.63) is 0 Å². The lowest BCUT2D eigenvalue weighted by Crippen LogP contribution is -2.47. The van der Waals surface area contributed by atoms with Crippen molar-refractivity contribution < 1.29 is 23.9 Å². The van der Waals surface area contributed by atoms with E-state index in [1.807, 2.05) is 0 Å². The number of hydrogen-bond donors (Lipinski definition) is 1. The third kappa shape index (κ3) is 4.00. The smallest absolute Gasteiger partial charge is 0.418 e. The largest absolute Gasteiger partial charge is 0.433 e. The molecule has 2 fully saturated rings. The van der Waals surface area contributed by atoms with Gasteiger partial charge in [-0.2, -0.15) is 0 Å². The molecule has 2 heterocycles. The van der Waals surface area contributed by atoms with Gasteiger partial charge in [-0.15, -0.1) is 0 Å². The molecule has 2 rings (SSSR count). The number of nitrogens with zero attached hydrogens (tertiary/aromatic N) is 2. The molecule has 0 aliphatic carbocycles. The van der Waals surface area contributed by atoms with Crippen molar-refractivity contribution in [2.45, 2.75) is 39.2 Å². The molecule has 8 nitrogen and oxygen atoms in total. The molecule has 8 heteroatoms. The predicted molar refractivity (Wildman–Crippen MR) is 80.3 cm³/mol. The average molecular weight is 325 g/mol. The van der Waals surface area contributed by atoms with Crippen LogP contribution in [0.1, 0.15) is 33.6 Å². The number of carbonyl (C=O) groups excluding carboxylic acids is 4. The maximum atomic E-state index is 12.3. The molecular weight excluding hydrogens is 302 g/mol. The lowest BCUT2D eigenvalue weighted by molar-refractivity contribution is -0.140. The van der Waals surface area contributed by atoms with Crippen LogP contribution in [0.5, 0.6) is 0 Å². The molecule has 128 valence electrons. The summed E-state index contributed by atoms with van der Waals surface area (Å²) in [5, 5.41) is 2.78. The molecule has 2 saturated heterocycles. The molecule has 0 aromatic heterocycles. The van der Waals surface area contributed by atoms with E-state index < -0.39 is 17.6 Å². The Bertz CT molecular complexity index is 523. The number of ether oxygens (including phenoxy) is 1. The Morgan fingerprint density at radius 2 is 1.87 bits per heavy atom. The first kappa shape index (κ1) is 17.2. The van der Waals surface area contributed by atoms with Crippen LogP contribution in [0.15, 0.2) is 0 Å². The summed E-state index contributed by atoms with van der Waals surface area (Å²) in [6.45, 7) is 5.94. The van der Waals surface area contributed by atoms with Gasteiger partial charge in [-0.05, 0) is 32.6 Å². The van der Waals surface area contributed by atoms with Crippen molar-refractivity contribution in [3.8, 4) is 0 Å². The zero-order chi connectivity index (χ0) is 17.2. The van der Waals surface area contributed by atoms with Crippen molar-refractivity contribution in [2.24, 2.45) is 5.92 Å². The molecule has 0 radical (unpaired) electrons. The fourth-order valence-corrected chi connectivity index (χ4v) is 2.77. The van der Waals surface area contributed by atoms with E-state index in [1.165, 1.54) is 20.8 Å². The van der Waals surface area contributed by atoms with Crippen LogP contribution in [0, 0.1) is 5.92 Å². The molecule has 2 aliphatic heterocycles. The van der Waals surface area contributed by atoms with Gasteiger partial charge in [0.2, 0.25) is 11.8 Å². The molecule has 0 aromatic carbocycles. The number of likely N-dealkylation sites (tertiary alicyclic amines) is 1. The summed E-state index contributed by atoms with van der Waals surface area (Å²) in [5.41, 5.74) is -1.21. The van der Waals surface area contributed by atoms with Crippen LogP contribution in [-0.2, 0) is 19.1 Å². The second-order valence-electron chi connectivity index (χ2n) is 6.53. The zero-order valence-corrected chi connectivity index (χ0v) is 13.8. The van der Waals surface area contributed by atoms with Gasteiger partial charge in [-0.3, -0.25) is 14.4 Å². The molecule has 23 heavy (non-hydrogen) atoms. The van der Waals surface area contributed by atoms with E-state index in [9.17, 15) is 19.2 Å². The lowest BCUT2D eigenvalue weighted by Gasteiger charge is -2.32. The molecule has 0 atom stereocenters. The van der Waals surface area contributed by atoms with Gasteiger partial charge in [0.1, 0.15) is 6.54 Å². The number of rotatable bonds is 4. The van der Waals surface area contributed by atoms with Gasteiger partial charge in [-0.1, -0.05) is 0 Å². The van der Waals surface area contributed by atoms with Crippen molar-refractivity contribution in [1.29, 1.82) is 0 Å². The normalized spacial score (nSPS) is 21.3. The van der Waals surface area contributed by atoms with Crippen LogP contribution in [0.25, 0.3) is 0 Å². The molecule has 0 spiro atoms. The molecule has 4 amide bonds. The first-order chi connectivity index (χ1) is 10.7. The summed E-state index contributed by atoms with van der Waals surface area (Å²) in [7, 11) is 0. The van der Waals surface area contributed by atoms with Gasteiger partial charge in [0.05, 0.1) is 0 Å². The van der Waals surface area contributed by atoms with Crippen LogP contribution in [0.3, 0.4) is 0 Å². The first-order valence-electron chi connectivity index (χ1n) is 7.78. The van der Waals surface area contributed by atoms with Gasteiger partial charge in [0.15, 0.2) is 5.60 Å². The minimum atomic E-state index is -1.21. The van der Waals surface area contributed by atoms with E-state index in [0.717, 1.165) is 17.7 Å². The Kier molecular flexibility index (Phi) is 4.91. The number of carbonyl (C=O) groups is 4. The van der Waals surface area contributed by atoms with Crippen LogP contribution >= 0.6 is 0 Å². The maximum absolute atomic E-state index is 12.3. The number of hydrogen-bond acceptors (Lipinski definition) is 5. The summed E-state index contributed by atoms with van der Waals surface area (Å²) in [4.78, 5) is 49.4. The summed E-state index contributed by atoms with van der Waals surface area (Å²) in [5.74, 6) is -0.459. The van der Waals surface area contributed by atoms with Gasteiger partial charge >= 0.3 is 6.09 Å². The van der Waals surface area contributed by atoms with Crippen LogP contribution in [0.2, 0.25) is 0 Å². The Morgan fingerprint density at radius 1 is 1.26 bits per heavy atom. The Morgan fingerprint density at radius 3 is 2.35 bits per heavy atom. The van der Waals surface area contributed by atoms with E-state index in [-0.39, 0.29) is 18.4 Å². The van der Waals surface area contributed by atoms with Crippen LogP contribution in [-0.4, -0.2) is 65.4 Å². The fourth-order valence-electron chi connectivity index (χ4n) is 2.77. The lowest BCUT2D eigenvalue weighted by atomic mass is 9.96. The highest BCUT2D eigenvalue weighted by atomic mass is 16.6. The van der Waals surface area contributed by atoms with E-state index >= 15 is 0 Å². The highest BCUT2D eigenvalue weighted by Gasteiger charge is 2.48.